The van der Waals surface area contributed by atoms with Crippen molar-refractivity contribution in [2.75, 3.05) is 26.3 Å². The monoisotopic (exact) mass is 217 g/mol. The van der Waals surface area contributed by atoms with E-state index < -0.39 is 0 Å². The molecule has 3 nitrogen and oxygen atoms in total. The smallest absolute Gasteiger partial charge is 0.102 e. The lowest BCUT2D eigenvalue weighted by Gasteiger charge is -2.34. The summed E-state index contributed by atoms with van der Waals surface area (Å²) in [4.78, 5) is 2.19. The molecule has 0 radical (unpaired) electrons. The van der Waals surface area contributed by atoms with Crippen molar-refractivity contribution in [3.63, 3.8) is 0 Å². The molecule has 1 aliphatic rings. The van der Waals surface area contributed by atoms with Crippen LogP contribution in [0.4, 0.5) is 4.39 Å². The van der Waals surface area contributed by atoms with Crippen LogP contribution in [0.2, 0.25) is 0 Å². The lowest BCUT2D eigenvalue weighted by atomic mass is 10.0. The normalized spacial score (nSPS) is 24.0. The summed E-state index contributed by atoms with van der Waals surface area (Å²) in [6, 6.07) is 1.11. The highest BCUT2D eigenvalue weighted by molar-refractivity contribution is 4.81. The molecule has 2 atom stereocenters. The molecular weight excluding hydrogens is 193 g/mol. The fourth-order valence-electron chi connectivity index (χ4n) is 1.97. The Morgan fingerprint density at radius 1 is 1.40 bits per heavy atom. The topological polar surface area (TPSA) is 41.3 Å². The Hall–Kier alpha value is -0.190. The van der Waals surface area contributed by atoms with E-state index in [0.29, 0.717) is 18.6 Å². The Bertz CT molecular complexity index is 167. The van der Waals surface area contributed by atoms with Crippen molar-refractivity contribution >= 4 is 0 Å². The van der Waals surface area contributed by atoms with Crippen LogP contribution in [-0.4, -0.2) is 49.3 Å². The molecule has 0 aliphatic carbocycles. The van der Waals surface area contributed by atoms with Crippen LogP contribution in [0.25, 0.3) is 0 Å². The van der Waals surface area contributed by atoms with Crippen molar-refractivity contribution < 1.29 is 4.39 Å². The van der Waals surface area contributed by atoms with Crippen LogP contribution in [-0.2, 0) is 0 Å². The van der Waals surface area contributed by atoms with E-state index in [-0.39, 0.29) is 12.7 Å². The van der Waals surface area contributed by atoms with E-state index in [4.69, 9.17) is 5.73 Å². The molecule has 1 unspecified atom stereocenters. The maximum absolute atomic E-state index is 12.1. The number of likely N-dealkylation sites (tertiary alicyclic amines) is 1. The van der Waals surface area contributed by atoms with E-state index in [1.165, 1.54) is 0 Å². The summed E-state index contributed by atoms with van der Waals surface area (Å²) in [5, 5.41) is 3.54. The first-order valence-corrected chi connectivity index (χ1v) is 5.93. The second-order valence-electron chi connectivity index (χ2n) is 4.62. The summed E-state index contributed by atoms with van der Waals surface area (Å²) < 4.78 is 12.1. The molecular formula is C11H24FN3. The maximum atomic E-state index is 12.1. The van der Waals surface area contributed by atoms with E-state index in [0.717, 1.165) is 25.9 Å². The fraction of sp³-hybridized carbons (Fsp3) is 1.00. The van der Waals surface area contributed by atoms with Crippen LogP contribution in [0.1, 0.15) is 26.7 Å². The van der Waals surface area contributed by atoms with Crippen LogP contribution in [0, 0.1) is 0 Å². The van der Waals surface area contributed by atoms with Gasteiger partial charge in [-0.15, -0.1) is 0 Å². The molecule has 0 amide bonds. The van der Waals surface area contributed by atoms with Gasteiger partial charge in [0.1, 0.15) is 6.67 Å². The predicted octanol–water partition coefficient (Wildman–Crippen LogP) is 0.746. The first kappa shape index (κ1) is 12.9. The van der Waals surface area contributed by atoms with Gasteiger partial charge in [-0.05, 0) is 39.8 Å². The van der Waals surface area contributed by atoms with Crippen LogP contribution in [0.5, 0.6) is 0 Å². The van der Waals surface area contributed by atoms with E-state index in [9.17, 15) is 4.39 Å². The highest BCUT2D eigenvalue weighted by Gasteiger charge is 2.20. The van der Waals surface area contributed by atoms with Gasteiger partial charge in [0.25, 0.3) is 0 Å². The fourth-order valence-corrected chi connectivity index (χ4v) is 1.97. The lowest BCUT2D eigenvalue weighted by molar-refractivity contribution is 0.178. The zero-order chi connectivity index (χ0) is 11.3. The Labute approximate surface area is 92.2 Å². The number of nitrogens with two attached hydrogens (primary N) is 1. The van der Waals surface area contributed by atoms with E-state index >= 15 is 0 Å². The van der Waals surface area contributed by atoms with Gasteiger partial charge in [-0.1, -0.05) is 0 Å². The number of halogens is 1. The highest BCUT2D eigenvalue weighted by Crippen LogP contribution is 2.11. The molecule has 0 bridgehead atoms. The van der Waals surface area contributed by atoms with Crippen molar-refractivity contribution in [3.8, 4) is 0 Å². The molecule has 3 N–H and O–H groups in total. The van der Waals surface area contributed by atoms with Crippen LogP contribution in [0.15, 0.2) is 0 Å². The zero-order valence-corrected chi connectivity index (χ0v) is 9.88. The minimum Gasteiger partial charge on any atom is -0.327 e. The molecule has 0 aromatic rings. The maximum Gasteiger partial charge on any atom is 0.102 e. The lowest BCUT2D eigenvalue weighted by Crippen LogP contribution is -2.50. The van der Waals surface area contributed by atoms with Crippen LogP contribution < -0.4 is 11.1 Å². The van der Waals surface area contributed by atoms with Crippen molar-refractivity contribution in [1.82, 2.24) is 10.2 Å². The molecule has 0 aromatic carbocycles. The molecule has 4 heteroatoms. The molecule has 0 saturated carbocycles. The minimum absolute atomic E-state index is 0.189. The van der Waals surface area contributed by atoms with Gasteiger partial charge in [0, 0.05) is 24.7 Å². The third-order valence-electron chi connectivity index (χ3n) is 3.28. The number of nitrogens with one attached hydrogen (secondary N) is 1. The first-order chi connectivity index (χ1) is 7.13. The Balaban J connectivity index is 2.19. The highest BCUT2D eigenvalue weighted by atomic mass is 19.1. The van der Waals surface area contributed by atoms with E-state index in [1.807, 2.05) is 6.92 Å². The summed E-state index contributed by atoms with van der Waals surface area (Å²) in [5.74, 6) is 0. The van der Waals surface area contributed by atoms with Gasteiger partial charge in [-0.3, -0.25) is 0 Å². The molecule has 90 valence electrons. The van der Waals surface area contributed by atoms with Gasteiger partial charge in [0.2, 0.25) is 0 Å². The van der Waals surface area contributed by atoms with Gasteiger partial charge in [-0.2, -0.15) is 0 Å². The molecule has 0 spiro atoms. The number of alkyl halides is 1. The SMILES string of the molecule is CC(NC1CCN(CCF)CC1)[C@H](C)N. The summed E-state index contributed by atoms with van der Waals surface area (Å²) >= 11 is 0. The molecule has 1 fully saturated rings. The Morgan fingerprint density at radius 2 is 2.00 bits per heavy atom. The van der Waals surface area contributed by atoms with Gasteiger partial charge in [0.05, 0.1) is 0 Å². The largest absolute Gasteiger partial charge is 0.327 e. The average Bonchev–Trinajstić information content (AvgIpc) is 2.21. The number of rotatable bonds is 5. The zero-order valence-electron chi connectivity index (χ0n) is 9.88. The summed E-state index contributed by atoms with van der Waals surface area (Å²) in [5.41, 5.74) is 5.81. The molecule has 1 saturated heterocycles. The number of piperidine rings is 1. The quantitative estimate of drug-likeness (QED) is 0.714. The van der Waals surface area contributed by atoms with Gasteiger partial charge < -0.3 is 16.0 Å². The molecule has 1 aliphatic heterocycles. The van der Waals surface area contributed by atoms with Crippen molar-refractivity contribution in [2.24, 2.45) is 5.73 Å². The minimum atomic E-state index is -0.228. The molecule has 1 heterocycles. The third kappa shape index (κ3) is 4.45. The van der Waals surface area contributed by atoms with Crippen LogP contribution in [0.3, 0.4) is 0 Å². The Morgan fingerprint density at radius 3 is 2.47 bits per heavy atom. The third-order valence-corrected chi connectivity index (χ3v) is 3.28. The molecule has 1 rings (SSSR count). The van der Waals surface area contributed by atoms with E-state index in [2.05, 4.69) is 17.1 Å². The average molecular weight is 217 g/mol. The van der Waals surface area contributed by atoms with Gasteiger partial charge >= 0.3 is 0 Å². The van der Waals surface area contributed by atoms with E-state index in [1.54, 1.807) is 0 Å². The molecule has 0 aromatic heterocycles. The first-order valence-electron chi connectivity index (χ1n) is 5.93. The van der Waals surface area contributed by atoms with Crippen molar-refractivity contribution in [3.05, 3.63) is 0 Å². The number of nitrogens with zero attached hydrogens (tertiary/aromatic N) is 1. The second-order valence-corrected chi connectivity index (χ2v) is 4.62. The molecule has 15 heavy (non-hydrogen) atoms. The number of hydrogen-bond donors (Lipinski definition) is 2. The standard InChI is InChI=1S/C11H24FN3/c1-9(13)10(2)14-11-3-6-15(7-4-11)8-5-12/h9-11,14H,3-8,13H2,1-2H3/t9-,10?/m0/s1. The number of hydrogen-bond acceptors (Lipinski definition) is 3. The summed E-state index contributed by atoms with van der Waals surface area (Å²) in [6.45, 7) is 6.53. The Kier molecular flexibility index (Phi) is 5.50. The van der Waals surface area contributed by atoms with Crippen molar-refractivity contribution in [2.45, 2.75) is 44.8 Å². The van der Waals surface area contributed by atoms with Gasteiger partial charge in [-0.25, -0.2) is 4.39 Å². The predicted molar refractivity (Wildman–Crippen MR) is 61.7 cm³/mol. The second kappa shape index (κ2) is 6.40. The summed E-state index contributed by atoms with van der Waals surface area (Å²) in [7, 11) is 0. The van der Waals surface area contributed by atoms with Crippen molar-refractivity contribution in [1.29, 1.82) is 0 Å². The van der Waals surface area contributed by atoms with Crippen LogP contribution >= 0.6 is 0 Å². The summed E-state index contributed by atoms with van der Waals surface area (Å²) in [6.07, 6.45) is 2.22. The van der Waals surface area contributed by atoms with Gasteiger partial charge in [0.15, 0.2) is 0 Å².